The van der Waals surface area contributed by atoms with Crippen LogP contribution in [-0.4, -0.2) is 45.4 Å². The van der Waals surface area contributed by atoms with Crippen molar-refractivity contribution in [3.8, 4) is 5.75 Å². The molecule has 1 unspecified atom stereocenters. The van der Waals surface area contributed by atoms with E-state index >= 15 is 0 Å². The van der Waals surface area contributed by atoms with Crippen LogP contribution < -0.4 is 15.4 Å². The number of amides is 1. The number of carbonyl (C=O) groups is 1. The topological polar surface area (TPSA) is 59.6 Å². The van der Waals surface area contributed by atoms with E-state index < -0.39 is 0 Å². The summed E-state index contributed by atoms with van der Waals surface area (Å²) in [6.45, 7) is 3.86. The van der Waals surface area contributed by atoms with Gasteiger partial charge >= 0.3 is 0 Å². The summed E-state index contributed by atoms with van der Waals surface area (Å²) in [5.41, 5.74) is 0. The zero-order chi connectivity index (χ0) is 14.8. The molecule has 0 aromatic heterocycles. The first-order valence-electron chi connectivity index (χ1n) is 7.57. The van der Waals surface area contributed by atoms with E-state index in [0.29, 0.717) is 19.1 Å². The molecule has 1 amide bonds. The maximum atomic E-state index is 11.6. The Balaban J connectivity index is 1.43. The first-order chi connectivity index (χ1) is 10.3. The Morgan fingerprint density at radius 2 is 2.14 bits per heavy atom. The molecule has 0 bridgehead atoms. The van der Waals surface area contributed by atoms with E-state index in [0.717, 1.165) is 31.8 Å². The van der Waals surface area contributed by atoms with Crippen LogP contribution in [0, 0.1) is 5.92 Å². The summed E-state index contributed by atoms with van der Waals surface area (Å²) < 4.78 is 10.8. The fraction of sp³-hybridized carbons (Fsp3) is 0.562. The number of benzene rings is 1. The molecule has 1 aliphatic rings. The van der Waals surface area contributed by atoms with Crippen LogP contribution in [0.4, 0.5) is 0 Å². The Hall–Kier alpha value is -1.59. The predicted molar refractivity (Wildman–Crippen MR) is 81.4 cm³/mol. The van der Waals surface area contributed by atoms with Crippen LogP contribution in [0.25, 0.3) is 0 Å². The van der Waals surface area contributed by atoms with Gasteiger partial charge in [0.2, 0.25) is 5.91 Å². The Labute approximate surface area is 126 Å². The SMILES string of the molecule is O=C(COCCOc1ccccc1)NCCC1CCNC1. The molecule has 5 nitrogen and oxygen atoms in total. The van der Waals surface area contributed by atoms with E-state index in [2.05, 4.69) is 10.6 Å². The van der Waals surface area contributed by atoms with Crippen molar-refractivity contribution < 1.29 is 14.3 Å². The molecule has 1 heterocycles. The average Bonchev–Trinajstić information content (AvgIpc) is 3.01. The van der Waals surface area contributed by atoms with Crippen molar-refractivity contribution in [2.24, 2.45) is 5.92 Å². The Morgan fingerprint density at radius 3 is 2.90 bits per heavy atom. The second kappa shape index (κ2) is 9.37. The lowest BCUT2D eigenvalue weighted by Crippen LogP contribution is -2.30. The minimum atomic E-state index is -0.0549. The highest BCUT2D eigenvalue weighted by atomic mass is 16.5. The number of nitrogens with one attached hydrogen (secondary N) is 2. The summed E-state index contributed by atoms with van der Waals surface area (Å²) in [6.07, 6.45) is 2.25. The lowest BCUT2D eigenvalue weighted by Gasteiger charge is -2.10. The minimum Gasteiger partial charge on any atom is -0.491 e. The van der Waals surface area contributed by atoms with E-state index in [-0.39, 0.29) is 12.5 Å². The van der Waals surface area contributed by atoms with Crippen molar-refractivity contribution in [3.63, 3.8) is 0 Å². The van der Waals surface area contributed by atoms with Gasteiger partial charge in [0.15, 0.2) is 0 Å². The minimum absolute atomic E-state index is 0.0549. The van der Waals surface area contributed by atoms with Gasteiger partial charge in [-0.15, -0.1) is 0 Å². The molecule has 0 spiro atoms. The molecule has 0 aliphatic carbocycles. The summed E-state index contributed by atoms with van der Waals surface area (Å²) >= 11 is 0. The van der Waals surface area contributed by atoms with Crippen LogP contribution in [0.5, 0.6) is 5.75 Å². The van der Waals surface area contributed by atoms with Crippen molar-refractivity contribution >= 4 is 5.91 Å². The van der Waals surface area contributed by atoms with Crippen LogP contribution in [0.1, 0.15) is 12.8 Å². The number of rotatable bonds is 9. The number of ether oxygens (including phenoxy) is 2. The van der Waals surface area contributed by atoms with Gasteiger partial charge in [-0.1, -0.05) is 18.2 Å². The zero-order valence-electron chi connectivity index (χ0n) is 12.3. The number of hydrogen-bond donors (Lipinski definition) is 2. The van der Waals surface area contributed by atoms with Crippen molar-refractivity contribution in [1.82, 2.24) is 10.6 Å². The molecule has 1 atom stereocenters. The summed E-state index contributed by atoms with van der Waals surface area (Å²) in [6, 6.07) is 9.57. The van der Waals surface area contributed by atoms with E-state index in [1.807, 2.05) is 30.3 Å². The molecule has 1 fully saturated rings. The fourth-order valence-electron chi connectivity index (χ4n) is 2.33. The summed E-state index contributed by atoms with van der Waals surface area (Å²) in [7, 11) is 0. The van der Waals surface area contributed by atoms with Crippen LogP contribution in [0.3, 0.4) is 0 Å². The van der Waals surface area contributed by atoms with E-state index in [4.69, 9.17) is 9.47 Å². The third-order valence-electron chi connectivity index (χ3n) is 3.51. The molecule has 1 aromatic rings. The Morgan fingerprint density at radius 1 is 1.29 bits per heavy atom. The molecule has 1 saturated heterocycles. The quantitative estimate of drug-likeness (QED) is 0.671. The summed E-state index contributed by atoms with van der Waals surface area (Å²) in [5, 5.41) is 6.21. The van der Waals surface area contributed by atoms with Crippen molar-refractivity contribution in [3.05, 3.63) is 30.3 Å². The highest BCUT2D eigenvalue weighted by molar-refractivity contribution is 5.77. The standard InChI is InChI=1S/C16H24N2O3/c19-16(18-9-7-14-6-8-17-12-14)13-20-10-11-21-15-4-2-1-3-5-15/h1-5,14,17H,6-13H2,(H,18,19). The Bertz CT molecular complexity index is 405. The van der Waals surface area contributed by atoms with E-state index in [1.54, 1.807) is 0 Å². The monoisotopic (exact) mass is 292 g/mol. The van der Waals surface area contributed by atoms with Gasteiger partial charge < -0.3 is 20.1 Å². The van der Waals surface area contributed by atoms with Gasteiger partial charge in [0.1, 0.15) is 19.0 Å². The van der Waals surface area contributed by atoms with Gasteiger partial charge in [-0.3, -0.25) is 4.79 Å². The van der Waals surface area contributed by atoms with Crippen LogP contribution in [-0.2, 0) is 9.53 Å². The van der Waals surface area contributed by atoms with Gasteiger partial charge in [-0.05, 0) is 44.0 Å². The normalized spacial score (nSPS) is 17.6. The molecular formula is C16H24N2O3. The molecule has 1 aromatic carbocycles. The number of para-hydroxylation sites is 1. The zero-order valence-corrected chi connectivity index (χ0v) is 12.3. The highest BCUT2D eigenvalue weighted by Gasteiger charge is 2.13. The molecule has 1 aliphatic heterocycles. The van der Waals surface area contributed by atoms with Crippen LogP contribution in [0.15, 0.2) is 30.3 Å². The molecule has 2 N–H and O–H groups in total. The molecule has 5 heteroatoms. The van der Waals surface area contributed by atoms with Gasteiger partial charge in [-0.25, -0.2) is 0 Å². The largest absolute Gasteiger partial charge is 0.491 e. The molecule has 0 radical (unpaired) electrons. The summed E-state index contributed by atoms with van der Waals surface area (Å²) in [4.78, 5) is 11.6. The number of hydrogen-bond acceptors (Lipinski definition) is 4. The highest BCUT2D eigenvalue weighted by Crippen LogP contribution is 2.10. The predicted octanol–water partition coefficient (Wildman–Crippen LogP) is 1.20. The molecule has 21 heavy (non-hydrogen) atoms. The maximum absolute atomic E-state index is 11.6. The molecule has 2 rings (SSSR count). The second-order valence-electron chi connectivity index (χ2n) is 5.21. The third-order valence-corrected chi connectivity index (χ3v) is 3.51. The smallest absolute Gasteiger partial charge is 0.246 e. The van der Waals surface area contributed by atoms with Gasteiger partial charge in [0.25, 0.3) is 0 Å². The maximum Gasteiger partial charge on any atom is 0.246 e. The van der Waals surface area contributed by atoms with Crippen LogP contribution in [0.2, 0.25) is 0 Å². The van der Waals surface area contributed by atoms with Crippen molar-refractivity contribution in [2.75, 3.05) is 39.5 Å². The fourth-order valence-corrected chi connectivity index (χ4v) is 2.33. The van der Waals surface area contributed by atoms with E-state index in [9.17, 15) is 4.79 Å². The Kier molecular flexibility index (Phi) is 7.04. The van der Waals surface area contributed by atoms with Crippen molar-refractivity contribution in [2.45, 2.75) is 12.8 Å². The number of carbonyl (C=O) groups excluding carboxylic acids is 1. The summed E-state index contributed by atoms with van der Waals surface area (Å²) in [5.74, 6) is 1.46. The lowest BCUT2D eigenvalue weighted by molar-refractivity contribution is -0.125. The first kappa shape index (κ1) is 15.8. The van der Waals surface area contributed by atoms with Gasteiger partial charge in [0.05, 0.1) is 6.61 Å². The van der Waals surface area contributed by atoms with E-state index in [1.165, 1.54) is 6.42 Å². The third kappa shape index (κ3) is 6.60. The lowest BCUT2D eigenvalue weighted by atomic mass is 10.1. The molecule has 116 valence electrons. The molecule has 0 saturated carbocycles. The van der Waals surface area contributed by atoms with Crippen molar-refractivity contribution in [1.29, 1.82) is 0 Å². The second-order valence-corrected chi connectivity index (χ2v) is 5.21. The molecular weight excluding hydrogens is 268 g/mol. The first-order valence-corrected chi connectivity index (χ1v) is 7.57. The van der Waals surface area contributed by atoms with Gasteiger partial charge in [0, 0.05) is 6.54 Å². The van der Waals surface area contributed by atoms with Gasteiger partial charge in [-0.2, -0.15) is 0 Å². The van der Waals surface area contributed by atoms with Crippen LogP contribution >= 0.6 is 0 Å². The average molecular weight is 292 g/mol.